The molecule has 0 bridgehead atoms. The van der Waals surface area contributed by atoms with E-state index >= 15 is 0 Å². The number of rotatable bonds is 11. The number of hydrogen-bond donors (Lipinski definition) is 0. The van der Waals surface area contributed by atoms with Gasteiger partial charge in [-0.15, -0.1) is 0 Å². The highest BCUT2D eigenvalue weighted by molar-refractivity contribution is 6.99. The lowest BCUT2D eigenvalue weighted by molar-refractivity contribution is -0.384. The first-order valence-electron chi connectivity index (χ1n) is 13.9. The van der Waals surface area contributed by atoms with E-state index in [4.69, 9.17) is 14.2 Å². The molecule has 0 N–H and O–H groups in total. The van der Waals surface area contributed by atoms with Gasteiger partial charge in [0, 0.05) is 18.3 Å². The average Bonchev–Trinajstić information content (AvgIpc) is 3.00. The minimum atomic E-state index is -2.98. The first-order chi connectivity index (χ1) is 20.1. The second kappa shape index (κ2) is 13.5. The van der Waals surface area contributed by atoms with Crippen molar-refractivity contribution < 1.29 is 18.9 Å². The van der Waals surface area contributed by atoms with E-state index in [1.165, 1.54) is 12.1 Å². The first kappa shape index (κ1) is 30.6. The standard InChI is InChI=1S/C34H36N2O5Si/c1-26(41-42(34(2,3)4,30-16-10-6-11-17-30)31-18-12-7-13-19-31)32(35-24-27-14-8-5-9-15-27)33(37)40-25-28-20-22-29(23-21-28)36(38)39/h5-24,26,32H,25H2,1-4H3/t26-,32+/m1/s1. The second-order valence-corrected chi connectivity index (χ2v) is 15.4. The van der Waals surface area contributed by atoms with E-state index in [0.717, 1.165) is 15.9 Å². The fraction of sp³-hybridized carbons (Fsp3) is 0.235. The summed E-state index contributed by atoms with van der Waals surface area (Å²) in [6, 6.07) is 35.0. The third-order valence-corrected chi connectivity index (χ3v) is 12.3. The maximum Gasteiger partial charge on any atom is 0.333 e. The number of ether oxygens (including phenoxy) is 1. The Morgan fingerprint density at radius 1 is 0.857 bits per heavy atom. The predicted octanol–water partition coefficient (Wildman–Crippen LogP) is 6.09. The van der Waals surface area contributed by atoms with Gasteiger partial charge in [0.1, 0.15) is 6.61 Å². The van der Waals surface area contributed by atoms with Crippen molar-refractivity contribution in [3.63, 3.8) is 0 Å². The molecule has 0 spiro atoms. The molecular formula is C34H36N2O5Si. The number of benzene rings is 4. The smallest absolute Gasteiger partial charge is 0.333 e. The molecule has 0 aliphatic heterocycles. The van der Waals surface area contributed by atoms with Gasteiger partial charge in [-0.25, -0.2) is 4.79 Å². The summed E-state index contributed by atoms with van der Waals surface area (Å²) >= 11 is 0. The summed E-state index contributed by atoms with van der Waals surface area (Å²) in [6.07, 6.45) is 1.03. The van der Waals surface area contributed by atoms with Gasteiger partial charge in [-0.3, -0.25) is 15.1 Å². The minimum Gasteiger partial charge on any atom is -0.459 e. The Morgan fingerprint density at radius 2 is 1.36 bits per heavy atom. The highest BCUT2D eigenvalue weighted by atomic mass is 28.4. The van der Waals surface area contributed by atoms with Crippen LogP contribution in [0.3, 0.4) is 0 Å². The van der Waals surface area contributed by atoms with Crippen LogP contribution < -0.4 is 10.4 Å². The van der Waals surface area contributed by atoms with Crippen molar-refractivity contribution in [1.82, 2.24) is 0 Å². The van der Waals surface area contributed by atoms with Crippen LogP contribution in [-0.4, -0.2) is 37.6 Å². The number of nitrogens with zero attached hydrogens (tertiary/aromatic N) is 2. The summed E-state index contributed by atoms with van der Waals surface area (Å²) in [5, 5.41) is 12.9. The summed E-state index contributed by atoms with van der Waals surface area (Å²) in [5.74, 6) is -0.536. The number of carbonyl (C=O) groups is 1. The maximum absolute atomic E-state index is 13.7. The Kier molecular flexibility index (Phi) is 9.82. The van der Waals surface area contributed by atoms with Crippen molar-refractivity contribution in [2.75, 3.05) is 0 Å². The van der Waals surface area contributed by atoms with Crippen molar-refractivity contribution in [3.05, 3.63) is 137 Å². The summed E-state index contributed by atoms with van der Waals surface area (Å²) in [4.78, 5) is 28.9. The van der Waals surface area contributed by atoms with Crippen molar-refractivity contribution in [2.45, 2.75) is 51.5 Å². The van der Waals surface area contributed by atoms with E-state index in [1.54, 1.807) is 18.3 Å². The normalized spacial score (nSPS) is 13.4. The van der Waals surface area contributed by atoms with Gasteiger partial charge in [0.2, 0.25) is 0 Å². The molecule has 0 saturated carbocycles. The molecule has 7 nitrogen and oxygen atoms in total. The molecule has 0 unspecified atom stereocenters. The van der Waals surface area contributed by atoms with Crippen LogP contribution in [0.4, 0.5) is 5.69 Å². The molecular weight excluding hydrogens is 544 g/mol. The van der Waals surface area contributed by atoms with Gasteiger partial charge in [-0.05, 0) is 45.6 Å². The summed E-state index contributed by atoms with van der Waals surface area (Å²) in [5.41, 5.74) is 1.46. The number of nitro benzene ring substituents is 1. The van der Waals surface area contributed by atoms with Gasteiger partial charge in [0.15, 0.2) is 6.04 Å². The molecule has 42 heavy (non-hydrogen) atoms. The van der Waals surface area contributed by atoms with Gasteiger partial charge < -0.3 is 9.16 Å². The fourth-order valence-electron chi connectivity index (χ4n) is 5.07. The molecule has 0 saturated heterocycles. The van der Waals surface area contributed by atoms with Crippen LogP contribution in [0.15, 0.2) is 120 Å². The molecule has 216 valence electrons. The van der Waals surface area contributed by atoms with Crippen LogP contribution >= 0.6 is 0 Å². The van der Waals surface area contributed by atoms with E-state index in [1.807, 2.05) is 73.7 Å². The SMILES string of the molecule is C[C@@H](O[Si](c1ccccc1)(c1ccccc1)C(C)(C)C)[C@H](N=Cc1ccccc1)C(=O)OCc1ccc([N+](=O)[O-])cc1. The number of non-ortho nitro benzene ring substituents is 1. The van der Waals surface area contributed by atoms with Gasteiger partial charge in [-0.1, -0.05) is 112 Å². The second-order valence-electron chi connectivity index (χ2n) is 11.2. The number of nitro groups is 1. The van der Waals surface area contributed by atoms with Crippen molar-refractivity contribution in [2.24, 2.45) is 4.99 Å². The molecule has 4 rings (SSSR count). The van der Waals surface area contributed by atoms with Crippen molar-refractivity contribution in [3.8, 4) is 0 Å². The molecule has 0 aromatic heterocycles. The quantitative estimate of drug-likeness (QED) is 0.0704. The Bertz CT molecular complexity index is 1450. The van der Waals surface area contributed by atoms with Crippen LogP contribution in [0.2, 0.25) is 5.04 Å². The average molecular weight is 581 g/mol. The van der Waals surface area contributed by atoms with Crippen LogP contribution in [0.1, 0.15) is 38.8 Å². The largest absolute Gasteiger partial charge is 0.459 e. The summed E-state index contributed by atoms with van der Waals surface area (Å²) < 4.78 is 12.9. The zero-order chi connectivity index (χ0) is 30.2. The molecule has 0 aliphatic carbocycles. The minimum absolute atomic E-state index is 0.0252. The number of esters is 1. The number of carbonyl (C=O) groups excluding carboxylic acids is 1. The molecule has 0 amide bonds. The van der Waals surface area contributed by atoms with Crippen LogP contribution in [-0.2, 0) is 20.6 Å². The van der Waals surface area contributed by atoms with Crippen LogP contribution in [0.25, 0.3) is 0 Å². The highest BCUT2D eigenvalue weighted by Gasteiger charge is 2.52. The molecule has 0 aliphatic rings. The molecule has 4 aromatic rings. The third kappa shape index (κ3) is 7.08. The van der Waals surface area contributed by atoms with E-state index in [0.29, 0.717) is 5.56 Å². The van der Waals surface area contributed by atoms with Crippen molar-refractivity contribution >= 4 is 36.6 Å². The summed E-state index contributed by atoms with van der Waals surface area (Å²) in [6.45, 7) is 8.38. The van der Waals surface area contributed by atoms with E-state index < -0.39 is 31.4 Å². The van der Waals surface area contributed by atoms with Crippen LogP contribution in [0.5, 0.6) is 0 Å². The Morgan fingerprint density at radius 3 is 1.83 bits per heavy atom. The predicted molar refractivity (Wildman–Crippen MR) is 169 cm³/mol. The first-order valence-corrected chi connectivity index (χ1v) is 15.8. The monoisotopic (exact) mass is 580 g/mol. The Balaban J connectivity index is 1.70. The molecule has 0 radical (unpaired) electrons. The fourth-order valence-corrected chi connectivity index (χ4v) is 9.77. The van der Waals surface area contributed by atoms with E-state index in [9.17, 15) is 14.9 Å². The molecule has 4 aromatic carbocycles. The van der Waals surface area contributed by atoms with Crippen LogP contribution in [0, 0.1) is 10.1 Å². The van der Waals surface area contributed by atoms with Crippen molar-refractivity contribution in [1.29, 1.82) is 0 Å². The van der Waals surface area contributed by atoms with Gasteiger partial charge in [0.05, 0.1) is 11.0 Å². The molecule has 0 heterocycles. The Hall–Kier alpha value is -4.40. The summed E-state index contributed by atoms with van der Waals surface area (Å²) in [7, 11) is -2.98. The highest BCUT2D eigenvalue weighted by Crippen LogP contribution is 2.38. The molecule has 0 fully saturated rings. The maximum atomic E-state index is 13.7. The number of hydrogen-bond acceptors (Lipinski definition) is 6. The van der Waals surface area contributed by atoms with E-state index in [-0.39, 0.29) is 17.3 Å². The lowest BCUT2D eigenvalue weighted by Crippen LogP contribution is -2.68. The topological polar surface area (TPSA) is 91.0 Å². The zero-order valence-corrected chi connectivity index (χ0v) is 25.3. The Labute approximate surface area is 248 Å². The lowest BCUT2D eigenvalue weighted by atomic mass is 10.2. The van der Waals surface area contributed by atoms with Gasteiger partial charge >= 0.3 is 5.97 Å². The van der Waals surface area contributed by atoms with E-state index in [2.05, 4.69) is 45.0 Å². The third-order valence-electron chi connectivity index (χ3n) is 7.18. The number of aliphatic imine (C=N–C) groups is 1. The van der Waals surface area contributed by atoms with Gasteiger partial charge in [0.25, 0.3) is 14.0 Å². The lowest BCUT2D eigenvalue weighted by Gasteiger charge is -2.45. The molecule has 2 atom stereocenters. The zero-order valence-electron chi connectivity index (χ0n) is 24.3. The molecule has 8 heteroatoms. The van der Waals surface area contributed by atoms with Gasteiger partial charge in [-0.2, -0.15) is 0 Å².